The van der Waals surface area contributed by atoms with Gasteiger partial charge in [0.2, 0.25) is 0 Å². The number of alkyl halides is 3. The van der Waals surface area contributed by atoms with E-state index < -0.39 is 11.7 Å². The molecule has 0 spiro atoms. The summed E-state index contributed by atoms with van der Waals surface area (Å²) < 4.78 is 37.5. The summed E-state index contributed by atoms with van der Waals surface area (Å²) in [5.41, 5.74) is -0.194. The van der Waals surface area contributed by atoms with Gasteiger partial charge < -0.3 is 0 Å². The largest absolute Gasteiger partial charge is 0.416 e. The highest BCUT2D eigenvalue weighted by Gasteiger charge is 2.30. The molecule has 0 aliphatic carbocycles. The van der Waals surface area contributed by atoms with Gasteiger partial charge in [-0.25, -0.2) is 9.97 Å². The molecule has 0 aliphatic heterocycles. The SMILES string of the molecule is Cc1nc(C=O)nc2cc(C(F)(F)F)ccc12. The summed E-state index contributed by atoms with van der Waals surface area (Å²) in [5.74, 6) is -0.116. The Morgan fingerprint density at radius 1 is 1.24 bits per heavy atom. The van der Waals surface area contributed by atoms with Crippen LogP contribution in [0.2, 0.25) is 0 Å². The molecular formula is C11H7F3N2O. The zero-order chi connectivity index (χ0) is 12.6. The fourth-order valence-corrected chi connectivity index (χ4v) is 1.54. The highest BCUT2D eigenvalue weighted by molar-refractivity contribution is 5.84. The first-order valence-electron chi connectivity index (χ1n) is 4.72. The molecule has 1 heterocycles. The smallest absolute Gasteiger partial charge is 0.294 e. The van der Waals surface area contributed by atoms with E-state index >= 15 is 0 Å². The predicted molar refractivity (Wildman–Crippen MR) is 54.7 cm³/mol. The van der Waals surface area contributed by atoms with E-state index in [0.717, 1.165) is 12.1 Å². The van der Waals surface area contributed by atoms with E-state index in [2.05, 4.69) is 9.97 Å². The molecule has 3 nitrogen and oxygen atoms in total. The van der Waals surface area contributed by atoms with E-state index in [1.807, 2.05) is 0 Å². The number of aromatic nitrogens is 2. The maximum atomic E-state index is 12.5. The lowest BCUT2D eigenvalue weighted by molar-refractivity contribution is -0.137. The molecule has 0 aliphatic rings. The zero-order valence-electron chi connectivity index (χ0n) is 8.75. The molecule has 2 aromatic rings. The third-order valence-electron chi connectivity index (χ3n) is 2.34. The lowest BCUT2D eigenvalue weighted by Gasteiger charge is -2.08. The lowest BCUT2D eigenvalue weighted by atomic mass is 10.1. The molecule has 88 valence electrons. The number of rotatable bonds is 1. The fraction of sp³-hybridized carbons (Fsp3) is 0.182. The normalized spacial score (nSPS) is 11.8. The predicted octanol–water partition coefficient (Wildman–Crippen LogP) is 2.77. The second kappa shape index (κ2) is 3.80. The highest BCUT2D eigenvalue weighted by atomic mass is 19.4. The summed E-state index contributed by atoms with van der Waals surface area (Å²) in [6, 6.07) is 3.19. The molecular weight excluding hydrogens is 233 g/mol. The van der Waals surface area contributed by atoms with Gasteiger partial charge in [0, 0.05) is 11.1 Å². The van der Waals surface area contributed by atoms with Crippen LogP contribution in [0.3, 0.4) is 0 Å². The topological polar surface area (TPSA) is 42.9 Å². The molecule has 0 fully saturated rings. The molecule has 6 heteroatoms. The molecule has 0 amide bonds. The first-order valence-corrected chi connectivity index (χ1v) is 4.72. The fourth-order valence-electron chi connectivity index (χ4n) is 1.54. The Hall–Kier alpha value is -1.98. The molecule has 0 saturated carbocycles. The van der Waals surface area contributed by atoms with Crippen LogP contribution in [0.25, 0.3) is 10.9 Å². The van der Waals surface area contributed by atoms with Crippen molar-refractivity contribution in [2.45, 2.75) is 13.1 Å². The van der Waals surface area contributed by atoms with Crippen LogP contribution in [0.5, 0.6) is 0 Å². The van der Waals surface area contributed by atoms with E-state index in [0.29, 0.717) is 17.4 Å². The summed E-state index contributed by atoms with van der Waals surface area (Å²) in [6.45, 7) is 1.62. The van der Waals surface area contributed by atoms with Crippen molar-refractivity contribution in [3.05, 3.63) is 35.3 Å². The summed E-state index contributed by atoms with van der Waals surface area (Å²) in [7, 11) is 0. The van der Waals surface area contributed by atoms with E-state index in [9.17, 15) is 18.0 Å². The van der Waals surface area contributed by atoms with Gasteiger partial charge in [-0.2, -0.15) is 13.2 Å². The van der Waals surface area contributed by atoms with Gasteiger partial charge in [-0.1, -0.05) is 6.07 Å². The number of nitrogens with zero attached hydrogens (tertiary/aromatic N) is 2. The van der Waals surface area contributed by atoms with Crippen molar-refractivity contribution in [3.63, 3.8) is 0 Å². The summed E-state index contributed by atoms with van der Waals surface area (Å²) in [6.07, 6.45) is -4.01. The third-order valence-corrected chi connectivity index (χ3v) is 2.34. The zero-order valence-corrected chi connectivity index (χ0v) is 8.75. The Bertz CT molecular complexity index is 593. The lowest BCUT2D eigenvalue weighted by Crippen LogP contribution is -2.05. The average Bonchev–Trinajstić information content (AvgIpc) is 2.27. The van der Waals surface area contributed by atoms with Crippen molar-refractivity contribution in [1.82, 2.24) is 9.97 Å². The van der Waals surface area contributed by atoms with Gasteiger partial charge in [0.1, 0.15) is 0 Å². The molecule has 0 bridgehead atoms. The van der Waals surface area contributed by atoms with Crippen LogP contribution >= 0.6 is 0 Å². The van der Waals surface area contributed by atoms with Crippen LogP contribution < -0.4 is 0 Å². The standard InChI is InChI=1S/C11H7F3N2O/c1-6-8-3-2-7(11(12,13)14)4-9(8)16-10(5-17)15-6/h2-5H,1H3. The van der Waals surface area contributed by atoms with Crippen molar-refractivity contribution >= 4 is 17.2 Å². The molecule has 2 rings (SSSR count). The summed E-state index contributed by atoms with van der Waals surface area (Å²) in [4.78, 5) is 18.1. The van der Waals surface area contributed by atoms with Gasteiger partial charge in [-0.05, 0) is 19.1 Å². The highest BCUT2D eigenvalue weighted by Crippen LogP contribution is 2.31. The van der Waals surface area contributed by atoms with Crippen molar-refractivity contribution in [1.29, 1.82) is 0 Å². The second-order valence-corrected chi connectivity index (χ2v) is 3.51. The number of carbonyl (C=O) groups excluding carboxylic acids is 1. The summed E-state index contributed by atoms with van der Waals surface area (Å²) in [5, 5.41) is 0.503. The number of hydrogen-bond acceptors (Lipinski definition) is 3. The van der Waals surface area contributed by atoms with Crippen LogP contribution in [0.4, 0.5) is 13.2 Å². The number of carbonyl (C=O) groups is 1. The van der Waals surface area contributed by atoms with Crippen LogP contribution in [-0.4, -0.2) is 16.3 Å². The van der Waals surface area contributed by atoms with Crippen molar-refractivity contribution in [2.24, 2.45) is 0 Å². The van der Waals surface area contributed by atoms with E-state index in [1.54, 1.807) is 6.92 Å². The Labute approximate surface area is 94.3 Å². The van der Waals surface area contributed by atoms with Gasteiger partial charge in [0.25, 0.3) is 0 Å². The minimum absolute atomic E-state index is 0.116. The Kier molecular flexibility index (Phi) is 2.57. The number of hydrogen-bond donors (Lipinski definition) is 0. The second-order valence-electron chi connectivity index (χ2n) is 3.51. The van der Waals surface area contributed by atoms with E-state index in [-0.39, 0.29) is 11.3 Å². The van der Waals surface area contributed by atoms with Crippen LogP contribution in [0.15, 0.2) is 18.2 Å². The number of aldehydes is 1. The van der Waals surface area contributed by atoms with Crippen molar-refractivity contribution in [3.8, 4) is 0 Å². The van der Waals surface area contributed by atoms with Crippen molar-refractivity contribution < 1.29 is 18.0 Å². The Balaban J connectivity index is 2.72. The average molecular weight is 240 g/mol. The number of halogens is 3. The summed E-state index contributed by atoms with van der Waals surface area (Å²) >= 11 is 0. The number of aryl methyl sites for hydroxylation is 1. The van der Waals surface area contributed by atoms with Crippen molar-refractivity contribution in [2.75, 3.05) is 0 Å². The van der Waals surface area contributed by atoms with Crippen LogP contribution in [0.1, 0.15) is 21.9 Å². The molecule has 0 radical (unpaired) electrons. The van der Waals surface area contributed by atoms with Gasteiger partial charge >= 0.3 is 6.18 Å². The van der Waals surface area contributed by atoms with Gasteiger partial charge in [0.05, 0.1) is 11.1 Å². The molecule has 0 unspecified atom stereocenters. The maximum absolute atomic E-state index is 12.5. The molecule has 0 saturated heterocycles. The maximum Gasteiger partial charge on any atom is 0.416 e. The first-order chi connectivity index (χ1) is 7.91. The number of fused-ring (bicyclic) bond motifs is 1. The van der Waals surface area contributed by atoms with Gasteiger partial charge in [0.15, 0.2) is 12.1 Å². The van der Waals surface area contributed by atoms with E-state index in [1.165, 1.54) is 6.07 Å². The number of benzene rings is 1. The van der Waals surface area contributed by atoms with Crippen LogP contribution in [0, 0.1) is 6.92 Å². The first kappa shape index (κ1) is 11.5. The molecule has 0 N–H and O–H groups in total. The Morgan fingerprint density at radius 3 is 2.53 bits per heavy atom. The third kappa shape index (κ3) is 2.11. The van der Waals surface area contributed by atoms with Gasteiger partial charge in [-0.15, -0.1) is 0 Å². The van der Waals surface area contributed by atoms with Crippen LogP contribution in [-0.2, 0) is 6.18 Å². The minimum atomic E-state index is -4.42. The molecule has 17 heavy (non-hydrogen) atoms. The minimum Gasteiger partial charge on any atom is -0.294 e. The monoisotopic (exact) mass is 240 g/mol. The Morgan fingerprint density at radius 2 is 1.94 bits per heavy atom. The van der Waals surface area contributed by atoms with Gasteiger partial charge in [-0.3, -0.25) is 4.79 Å². The molecule has 1 aromatic carbocycles. The van der Waals surface area contributed by atoms with E-state index in [4.69, 9.17) is 0 Å². The molecule has 1 aromatic heterocycles. The quantitative estimate of drug-likeness (QED) is 0.720. The molecule has 0 atom stereocenters.